The summed E-state index contributed by atoms with van der Waals surface area (Å²) >= 11 is 0. The zero-order valence-corrected chi connectivity index (χ0v) is 13.5. The average molecular weight is 322 g/mol. The Morgan fingerprint density at radius 1 is 1.21 bits per heavy atom. The quantitative estimate of drug-likeness (QED) is 0.788. The molecular formula is C18H18N4O2. The van der Waals surface area contributed by atoms with Crippen molar-refractivity contribution in [1.82, 2.24) is 19.7 Å². The summed E-state index contributed by atoms with van der Waals surface area (Å²) < 4.78 is 13.4. The smallest absolute Gasteiger partial charge is 0.188 e. The van der Waals surface area contributed by atoms with Gasteiger partial charge in [0.2, 0.25) is 0 Å². The molecule has 1 aliphatic carbocycles. The average Bonchev–Trinajstić information content (AvgIpc) is 3.36. The molecule has 1 aliphatic heterocycles. The molecule has 0 aromatic carbocycles. The van der Waals surface area contributed by atoms with E-state index in [4.69, 9.17) is 9.47 Å². The standard InChI is InChI=1S/C18H18N4O2/c1-22-11-14(9-21-22)16-10-20-17-15(16)6-13(8-19-17)12-2-3-18(7-12)23-4-5-24-18/h6-11H,2-5H2,1H3,(H,19,20). The minimum absolute atomic E-state index is 0.505. The van der Waals surface area contributed by atoms with Gasteiger partial charge < -0.3 is 14.5 Å². The lowest BCUT2D eigenvalue weighted by atomic mass is 10.0. The van der Waals surface area contributed by atoms with E-state index >= 15 is 0 Å². The van der Waals surface area contributed by atoms with E-state index in [0.29, 0.717) is 13.2 Å². The van der Waals surface area contributed by atoms with Crippen LogP contribution < -0.4 is 0 Å². The highest BCUT2D eigenvalue weighted by Gasteiger charge is 2.38. The number of H-pyrrole nitrogens is 1. The molecule has 0 radical (unpaired) electrons. The highest BCUT2D eigenvalue weighted by Crippen LogP contribution is 2.40. The zero-order valence-electron chi connectivity index (χ0n) is 13.5. The molecule has 3 aromatic rings. The molecule has 0 atom stereocenters. The van der Waals surface area contributed by atoms with Crippen LogP contribution in [0.3, 0.4) is 0 Å². The molecule has 122 valence electrons. The summed E-state index contributed by atoms with van der Waals surface area (Å²) in [6.45, 7) is 1.34. The second-order valence-electron chi connectivity index (χ2n) is 6.40. The van der Waals surface area contributed by atoms with Gasteiger partial charge in [0.05, 0.1) is 19.4 Å². The summed E-state index contributed by atoms with van der Waals surface area (Å²) in [6.07, 6.45) is 11.7. The minimum Gasteiger partial charge on any atom is -0.346 e. The van der Waals surface area contributed by atoms with Gasteiger partial charge >= 0.3 is 0 Å². The minimum atomic E-state index is -0.505. The second kappa shape index (κ2) is 5.03. The van der Waals surface area contributed by atoms with Crippen LogP contribution in [0.5, 0.6) is 0 Å². The predicted octanol–water partition coefficient (Wildman–Crippen LogP) is 2.88. The summed E-state index contributed by atoms with van der Waals surface area (Å²) in [5.41, 5.74) is 5.46. The number of rotatable bonds is 2. The van der Waals surface area contributed by atoms with E-state index in [1.165, 1.54) is 5.57 Å². The molecule has 5 rings (SSSR count). The Hall–Kier alpha value is -2.44. The Labute approximate surface area is 139 Å². The first-order valence-corrected chi connectivity index (χ1v) is 8.19. The fourth-order valence-corrected chi connectivity index (χ4v) is 3.62. The van der Waals surface area contributed by atoms with E-state index in [0.717, 1.165) is 40.6 Å². The Bertz CT molecular complexity index is 947. The molecule has 0 bridgehead atoms. The number of allylic oxidation sites excluding steroid dienone is 1. The van der Waals surface area contributed by atoms with E-state index in [1.807, 2.05) is 36.5 Å². The molecule has 6 nitrogen and oxygen atoms in total. The largest absolute Gasteiger partial charge is 0.346 e. The maximum atomic E-state index is 5.79. The van der Waals surface area contributed by atoms with Gasteiger partial charge in [-0.2, -0.15) is 5.10 Å². The van der Waals surface area contributed by atoms with Gasteiger partial charge in [-0.1, -0.05) is 0 Å². The van der Waals surface area contributed by atoms with Crippen molar-refractivity contribution in [3.63, 3.8) is 0 Å². The van der Waals surface area contributed by atoms with E-state index in [1.54, 1.807) is 0 Å². The molecule has 6 heteroatoms. The van der Waals surface area contributed by atoms with E-state index in [-0.39, 0.29) is 0 Å². The molecule has 4 heterocycles. The van der Waals surface area contributed by atoms with Gasteiger partial charge in [-0.3, -0.25) is 4.68 Å². The first-order valence-electron chi connectivity index (χ1n) is 8.19. The van der Waals surface area contributed by atoms with Gasteiger partial charge in [-0.25, -0.2) is 4.98 Å². The highest BCUT2D eigenvalue weighted by atomic mass is 16.7. The summed E-state index contributed by atoms with van der Waals surface area (Å²) in [7, 11) is 1.92. The van der Waals surface area contributed by atoms with Crippen molar-refractivity contribution in [3.8, 4) is 11.1 Å². The van der Waals surface area contributed by atoms with Gasteiger partial charge in [0.25, 0.3) is 0 Å². The Morgan fingerprint density at radius 2 is 2.08 bits per heavy atom. The zero-order chi connectivity index (χ0) is 16.1. The number of ether oxygens (including phenoxy) is 2. The van der Waals surface area contributed by atoms with Crippen molar-refractivity contribution in [1.29, 1.82) is 0 Å². The summed E-state index contributed by atoms with van der Waals surface area (Å²) in [6, 6.07) is 2.20. The monoisotopic (exact) mass is 322 g/mol. The SMILES string of the molecule is Cn1cc(-c2c[nH]c3ncc(C4=CC5(CC4)OCCO5)cc23)cn1. The normalized spacial score (nSPS) is 19.5. The molecular weight excluding hydrogens is 304 g/mol. The Morgan fingerprint density at radius 3 is 2.88 bits per heavy atom. The van der Waals surface area contributed by atoms with E-state index in [9.17, 15) is 0 Å². The number of aromatic nitrogens is 4. The van der Waals surface area contributed by atoms with Crippen molar-refractivity contribution < 1.29 is 9.47 Å². The second-order valence-corrected chi connectivity index (χ2v) is 6.40. The van der Waals surface area contributed by atoms with Crippen LogP contribution in [0.4, 0.5) is 0 Å². The fraction of sp³-hybridized carbons (Fsp3) is 0.333. The molecule has 2 aliphatic rings. The molecule has 1 N–H and O–H groups in total. The van der Waals surface area contributed by atoms with Crippen molar-refractivity contribution in [2.75, 3.05) is 13.2 Å². The lowest BCUT2D eigenvalue weighted by molar-refractivity contribution is -0.114. The van der Waals surface area contributed by atoms with Gasteiger partial charge in [-0.05, 0) is 29.7 Å². The number of hydrogen-bond acceptors (Lipinski definition) is 4. The van der Waals surface area contributed by atoms with Crippen molar-refractivity contribution in [2.24, 2.45) is 7.05 Å². The molecule has 24 heavy (non-hydrogen) atoms. The van der Waals surface area contributed by atoms with Crippen molar-refractivity contribution in [3.05, 3.63) is 42.5 Å². The summed E-state index contributed by atoms with van der Waals surface area (Å²) in [5, 5.41) is 5.37. The molecule has 0 unspecified atom stereocenters. The number of nitrogens with one attached hydrogen (secondary N) is 1. The maximum absolute atomic E-state index is 5.79. The summed E-state index contributed by atoms with van der Waals surface area (Å²) in [4.78, 5) is 7.83. The van der Waals surface area contributed by atoms with Crippen LogP contribution in [-0.2, 0) is 16.5 Å². The molecule has 1 fully saturated rings. The summed E-state index contributed by atoms with van der Waals surface area (Å²) in [5.74, 6) is -0.505. The number of fused-ring (bicyclic) bond motifs is 1. The van der Waals surface area contributed by atoms with Gasteiger partial charge in [0.15, 0.2) is 5.79 Å². The van der Waals surface area contributed by atoms with Crippen LogP contribution >= 0.6 is 0 Å². The third-order valence-corrected chi connectivity index (χ3v) is 4.83. The molecule has 0 amide bonds. The van der Waals surface area contributed by atoms with Crippen LogP contribution in [0.25, 0.3) is 27.7 Å². The number of aromatic amines is 1. The third-order valence-electron chi connectivity index (χ3n) is 4.83. The number of hydrogen-bond donors (Lipinski definition) is 1. The number of aryl methyl sites for hydroxylation is 1. The van der Waals surface area contributed by atoms with Gasteiger partial charge in [-0.15, -0.1) is 0 Å². The van der Waals surface area contributed by atoms with Crippen molar-refractivity contribution >= 4 is 16.6 Å². The van der Waals surface area contributed by atoms with Crippen molar-refractivity contribution in [2.45, 2.75) is 18.6 Å². The molecule has 1 saturated heterocycles. The van der Waals surface area contributed by atoms with E-state index in [2.05, 4.69) is 27.2 Å². The number of pyridine rings is 1. The van der Waals surface area contributed by atoms with Crippen LogP contribution in [0.15, 0.2) is 36.9 Å². The molecule has 1 spiro atoms. The topological polar surface area (TPSA) is 65.0 Å². The number of nitrogens with zero attached hydrogens (tertiary/aromatic N) is 3. The van der Waals surface area contributed by atoms with E-state index < -0.39 is 5.79 Å². The van der Waals surface area contributed by atoms with Gasteiger partial charge in [0, 0.05) is 48.6 Å². The Kier molecular flexibility index (Phi) is 2.92. The molecule has 0 saturated carbocycles. The van der Waals surface area contributed by atoms with Crippen LogP contribution in [0, 0.1) is 0 Å². The van der Waals surface area contributed by atoms with Crippen LogP contribution in [0.2, 0.25) is 0 Å². The maximum Gasteiger partial charge on any atom is 0.188 e. The predicted molar refractivity (Wildman–Crippen MR) is 90.1 cm³/mol. The van der Waals surface area contributed by atoms with Crippen LogP contribution in [0.1, 0.15) is 18.4 Å². The fourth-order valence-electron chi connectivity index (χ4n) is 3.62. The lowest BCUT2D eigenvalue weighted by Gasteiger charge is -2.17. The third kappa shape index (κ3) is 2.11. The first-order chi connectivity index (χ1) is 11.7. The first kappa shape index (κ1) is 13.9. The van der Waals surface area contributed by atoms with Crippen LogP contribution in [-0.4, -0.2) is 38.7 Å². The Balaban J connectivity index is 1.58. The van der Waals surface area contributed by atoms with Gasteiger partial charge in [0.1, 0.15) is 5.65 Å². The lowest BCUT2D eigenvalue weighted by Crippen LogP contribution is -2.23. The highest BCUT2D eigenvalue weighted by molar-refractivity contribution is 5.95. The molecule has 3 aromatic heterocycles.